The smallest absolute Gasteiger partial charge is 0.309 e. The number of carbonyl (C=O) groups excluding carboxylic acids is 1. The first-order valence-corrected chi connectivity index (χ1v) is 7.68. The molecule has 2 rings (SSSR count). The highest BCUT2D eigenvalue weighted by Gasteiger charge is 2.35. The van der Waals surface area contributed by atoms with Crippen LogP contribution in [0.15, 0.2) is 54.6 Å². The zero-order valence-corrected chi connectivity index (χ0v) is 13.8. The molecule has 2 aromatic carbocycles. The Morgan fingerprint density at radius 1 is 1.21 bits per heavy atom. The molecular weight excluding hydrogens is 304 g/mol. The van der Waals surface area contributed by atoms with Gasteiger partial charge in [-0.05, 0) is 24.6 Å². The highest BCUT2D eigenvalue weighted by Crippen LogP contribution is 2.31. The van der Waals surface area contributed by atoms with E-state index in [2.05, 4.69) is 11.4 Å². The van der Waals surface area contributed by atoms with Gasteiger partial charge in [0.1, 0.15) is 5.75 Å². The lowest BCUT2D eigenvalue weighted by molar-refractivity contribution is -0.143. The standard InChI is InChI=1S/C19H20N2O3/c1-3-24-18(22)13-19(14-20,15-8-5-4-6-9-15)21-16-10-7-11-17(12-16)23-2/h4-12,21H,3,13H2,1-2H3. The van der Waals surface area contributed by atoms with Gasteiger partial charge in [0.25, 0.3) is 0 Å². The summed E-state index contributed by atoms with van der Waals surface area (Å²) >= 11 is 0. The molecule has 0 aliphatic carbocycles. The van der Waals surface area contributed by atoms with Gasteiger partial charge < -0.3 is 14.8 Å². The Morgan fingerprint density at radius 3 is 2.58 bits per heavy atom. The van der Waals surface area contributed by atoms with Gasteiger partial charge in [-0.15, -0.1) is 0 Å². The minimum Gasteiger partial charge on any atom is -0.497 e. The van der Waals surface area contributed by atoms with E-state index in [1.807, 2.05) is 48.5 Å². The zero-order chi connectivity index (χ0) is 17.4. The molecule has 0 fully saturated rings. The molecule has 1 unspecified atom stereocenters. The summed E-state index contributed by atoms with van der Waals surface area (Å²) in [6.07, 6.45) is -0.0986. The second-order valence-electron chi connectivity index (χ2n) is 5.22. The van der Waals surface area contributed by atoms with Crippen LogP contribution in [0.25, 0.3) is 0 Å². The summed E-state index contributed by atoms with van der Waals surface area (Å²) in [5.41, 5.74) is 0.160. The molecule has 0 aromatic heterocycles. The number of rotatable bonds is 7. The van der Waals surface area contributed by atoms with Gasteiger partial charge in [-0.3, -0.25) is 4.79 Å². The van der Waals surface area contributed by atoms with Crippen molar-refractivity contribution in [2.75, 3.05) is 19.0 Å². The first kappa shape index (κ1) is 17.4. The summed E-state index contributed by atoms with van der Waals surface area (Å²) < 4.78 is 10.3. The van der Waals surface area contributed by atoms with Gasteiger partial charge in [0.15, 0.2) is 5.54 Å². The molecule has 0 heterocycles. The lowest BCUT2D eigenvalue weighted by Crippen LogP contribution is -2.37. The van der Waals surface area contributed by atoms with Crippen LogP contribution in [0.4, 0.5) is 5.69 Å². The quantitative estimate of drug-likeness (QED) is 0.790. The largest absolute Gasteiger partial charge is 0.497 e. The van der Waals surface area contributed by atoms with Crippen LogP contribution in [0, 0.1) is 11.3 Å². The van der Waals surface area contributed by atoms with Crippen molar-refractivity contribution < 1.29 is 14.3 Å². The zero-order valence-electron chi connectivity index (χ0n) is 13.8. The minimum absolute atomic E-state index is 0.0986. The SMILES string of the molecule is CCOC(=O)CC(C#N)(Nc1cccc(OC)c1)c1ccccc1. The molecule has 1 N–H and O–H groups in total. The highest BCUT2D eigenvalue weighted by molar-refractivity contribution is 5.74. The molecule has 24 heavy (non-hydrogen) atoms. The van der Waals surface area contributed by atoms with Crippen molar-refractivity contribution in [3.8, 4) is 11.8 Å². The molecule has 5 nitrogen and oxygen atoms in total. The molecule has 0 amide bonds. The summed E-state index contributed by atoms with van der Waals surface area (Å²) in [7, 11) is 1.58. The Hall–Kier alpha value is -3.00. The molecule has 5 heteroatoms. The average molecular weight is 324 g/mol. The minimum atomic E-state index is -1.22. The van der Waals surface area contributed by atoms with Crippen molar-refractivity contribution in [1.82, 2.24) is 0 Å². The van der Waals surface area contributed by atoms with Crippen LogP contribution in [-0.4, -0.2) is 19.7 Å². The van der Waals surface area contributed by atoms with Crippen LogP contribution < -0.4 is 10.1 Å². The van der Waals surface area contributed by atoms with Crippen LogP contribution in [0.2, 0.25) is 0 Å². The molecule has 1 atom stereocenters. The fraction of sp³-hybridized carbons (Fsp3) is 0.263. The molecule has 0 bridgehead atoms. The molecule has 2 aromatic rings. The first-order valence-electron chi connectivity index (χ1n) is 7.68. The Labute approximate surface area is 141 Å². The Kier molecular flexibility index (Phi) is 5.80. The molecular formula is C19H20N2O3. The lowest BCUT2D eigenvalue weighted by atomic mass is 9.87. The molecule has 0 saturated heterocycles. The maximum Gasteiger partial charge on any atom is 0.309 e. The number of hydrogen-bond donors (Lipinski definition) is 1. The van der Waals surface area contributed by atoms with E-state index in [0.29, 0.717) is 17.0 Å². The van der Waals surface area contributed by atoms with Crippen LogP contribution in [0.5, 0.6) is 5.75 Å². The Balaban J connectivity index is 2.41. The second kappa shape index (κ2) is 8.02. The number of ether oxygens (including phenoxy) is 2. The van der Waals surface area contributed by atoms with Crippen molar-refractivity contribution in [2.24, 2.45) is 0 Å². The van der Waals surface area contributed by atoms with Crippen molar-refractivity contribution in [3.05, 3.63) is 60.2 Å². The van der Waals surface area contributed by atoms with Crippen molar-refractivity contribution in [3.63, 3.8) is 0 Å². The van der Waals surface area contributed by atoms with E-state index in [-0.39, 0.29) is 13.0 Å². The number of anilines is 1. The van der Waals surface area contributed by atoms with E-state index in [0.717, 1.165) is 0 Å². The van der Waals surface area contributed by atoms with E-state index in [1.54, 1.807) is 20.1 Å². The van der Waals surface area contributed by atoms with Gasteiger partial charge in [-0.25, -0.2) is 0 Å². The highest BCUT2D eigenvalue weighted by atomic mass is 16.5. The van der Waals surface area contributed by atoms with Crippen molar-refractivity contribution in [1.29, 1.82) is 5.26 Å². The van der Waals surface area contributed by atoms with Gasteiger partial charge in [0, 0.05) is 11.8 Å². The fourth-order valence-corrected chi connectivity index (χ4v) is 2.45. The van der Waals surface area contributed by atoms with E-state index >= 15 is 0 Å². The number of benzene rings is 2. The van der Waals surface area contributed by atoms with E-state index < -0.39 is 11.5 Å². The molecule has 0 saturated carbocycles. The topological polar surface area (TPSA) is 71.4 Å². The number of esters is 1. The van der Waals surface area contributed by atoms with Crippen LogP contribution in [0.3, 0.4) is 0 Å². The number of nitriles is 1. The third-order valence-corrected chi connectivity index (χ3v) is 3.60. The summed E-state index contributed by atoms with van der Waals surface area (Å²) in [5, 5.41) is 13.1. The Morgan fingerprint density at radius 2 is 1.96 bits per heavy atom. The molecule has 0 aliphatic heterocycles. The van der Waals surface area contributed by atoms with Gasteiger partial charge in [0.05, 0.1) is 26.2 Å². The van der Waals surface area contributed by atoms with Crippen molar-refractivity contribution in [2.45, 2.75) is 18.9 Å². The Bertz CT molecular complexity index is 725. The fourth-order valence-electron chi connectivity index (χ4n) is 2.45. The van der Waals surface area contributed by atoms with E-state index in [4.69, 9.17) is 9.47 Å². The van der Waals surface area contributed by atoms with Crippen molar-refractivity contribution >= 4 is 11.7 Å². The predicted molar refractivity (Wildman–Crippen MR) is 91.6 cm³/mol. The van der Waals surface area contributed by atoms with Gasteiger partial charge in [0.2, 0.25) is 0 Å². The van der Waals surface area contributed by atoms with Crippen LogP contribution >= 0.6 is 0 Å². The average Bonchev–Trinajstić information content (AvgIpc) is 2.62. The monoisotopic (exact) mass is 324 g/mol. The number of hydrogen-bond acceptors (Lipinski definition) is 5. The summed E-state index contributed by atoms with van der Waals surface area (Å²) in [5.74, 6) is 0.231. The van der Waals surface area contributed by atoms with E-state index in [9.17, 15) is 10.1 Å². The molecule has 0 spiro atoms. The number of methoxy groups -OCH3 is 1. The summed E-state index contributed by atoms with van der Waals surface area (Å²) in [6, 6.07) is 18.6. The van der Waals surface area contributed by atoms with E-state index in [1.165, 1.54) is 0 Å². The molecule has 0 aliphatic rings. The second-order valence-corrected chi connectivity index (χ2v) is 5.22. The number of nitrogens with zero attached hydrogens (tertiary/aromatic N) is 1. The third kappa shape index (κ3) is 4.05. The number of carbonyl (C=O) groups is 1. The van der Waals surface area contributed by atoms with Gasteiger partial charge >= 0.3 is 5.97 Å². The maximum absolute atomic E-state index is 12.1. The number of nitrogens with one attached hydrogen (secondary N) is 1. The maximum atomic E-state index is 12.1. The lowest BCUT2D eigenvalue weighted by Gasteiger charge is -2.29. The molecule has 124 valence electrons. The summed E-state index contributed by atoms with van der Waals surface area (Å²) in [4.78, 5) is 12.1. The third-order valence-electron chi connectivity index (χ3n) is 3.60. The molecule has 0 radical (unpaired) electrons. The van der Waals surface area contributed by atoms with Gasteiger partial charge in [-0.2, -0.15) is 5.26 Å². The van der Waals surface area contributed by atoms with Crippen LogP contribution in [-0.2, 0) is 15.1 Å². The predicted octanol–water partition coefficient (Wildman–Crippen LogP) is 3.48. The first-order chi connectivity index (χ1) is 11.6. The van der Waals surface area contributed by atoms with Gasteiger partial charge in [-0.1, -0.05) is 36.4 Å². The summed E-state index contributed by atoms with van der Waals surface area (Å²) in [6.45, 7) is 2.01. The normalized spacial score (nSPS) is 12.5. The van der Waals surface area contributed by atoms with Crippen LogP contribution in [0.1, 0.15) is 18.9 Å².